The van der Waals surface area contributed by atoms with Crippen LogP contribution in [0.5, 0.6) is 0 Å². The summed E-state index contributed by atoms with van der Waals surface area (Å²) < 4.78 is 27.8. The molecule has 0 saturated heterocycles. The van der Waals surface area contributed by atoms with Crippen molar-refractivity contribution in [3.63, 3.8) is 0 Å². The Bertz CT molecular complexity index is 2740. The van der Waals surface area contributed by atoms with E-state index in [1.165, 1.54) is 6.07 Å². The molecule has 0 radical (unpaired) electrons. The lowest BCUT2D eigenvalue weighted by molar-refractivity contribution is -0.130. The summed E-state index contributed by atoms with van der Waals surface area (Å²) in [6, 6.07) is 10.8. The fourth-order valence-electron chi connectivity index (χ4n) is 9.60. The zero-order valence-electron chi connectivity index (χ0n) is 40.8. The van der Waals surface area contributed by atoms with E-state index in [0.717, 1.165) is 27.6 Å². The van der Waals surface area contributed by atoms with Crippen molar-refractivity contribution in [3.05, 3.63) is 97.6 Å². The number of rotatable bonds is 26. The first-order valence-electron chi connectivity index (χ1n) is 24.7. The molecule has 0 spiro atoms. The predicted octanol–water partition coefficient (Wildman–Crippen LogP) is 0.769. The van der Waals surface area contributed by atoms with Crippen molar-refractivity contribution in [1.82, 2.24) is 47.0 Å². The molecular formula is C51H65FN10O10. The van der Waals surface area contributed by atoms with E-state index in [4.69, 9.17) is 20.2 Å². The van der Waals surface area contributed by atoms with Crippen molar-refractivity contribution in [3.8, 4) is 11.4 Å². The van der Waals surface area contributed by atoms with E-state index < -0.39 is 47.9 Å². The number of nitrogens with zero attached hydrogens (tertiary/aromatic N) is 2. The van der Waals surface area contributed by atoms with Crippen LogP contribution < -0.4 is 48.7 Å². The Morgan fingerprint density at radius 1 is 0.875 bits per heavy atom. The SMILES string of the molecule is CC[C@@]1(O)CCc2c1cc1n(c2=O)Cc2c-1nc1cc(F)c(C)c3c1c2[C@@H](NC(=O)CCCNNC(=O)C(Cc1ccccc1)NC(=O)CNC(=O)CNC(=O)CCOCCOCCNC(=O)CCN)CC3. The van der Waals surface area contributed by atoms with Crippen LogP contribution in [0.4, 0.5) is 4.39 Å². The minimum Gasteiger partial charge on any atom is -0.385 e. The second-order valence-corrected chi connectivity index (χ2v) is 18.3. The third kappa shape index (κ3) is 12.9. The monoisotopic (exact) mass is 996 g/mol. The van der Waals surface area contributed by atoms with Gasteiger partial charge in [0.1, 0.15) is 11.9 Å². The fourth-order valence-corrected chi connectivity index (χ4v) is 9.60. The molecule has 21 heteroatoms. The van der Waals surface area contributed by atoms with Crippen LogP contribution >= 0.6 is 0 Å². The maximum absolute atomic E-state index is 15.4. The Kier molecular flexibility index (Phi) is 18.2. The number of amides is 6. The molecule has 386 valence electrons. The average Bonchev–Trinajstić information content (AvgIpc) is 3.91. The molecule has 4 aromatic rings. The van der Waals surface area contributed by atoms with Crippen molar-refractivity contribution in [2.75, 3.05) is 59.2 Å². The highest BCUT2D eigenvalue weighted by Gasteiger charge is 2.41. The van der Waals surface area contributed by atoms with Crippen LogP contribution in [0.3, 0.4) is 0 Å². The van der Waals surface area contributed by atoms with Crippen LogP contribution in [-0.2, 0) is 69.6 Å². The molecule has 3 atom stereocenters. The number of carbonyl (C=O) groups excluding carboxylic acids is 6. The van der Waals surface area contributed by atoms with Gasteiger partial charge >= 0.3 is 0 Å². The number of benzene rings is 2. The third-order valence-corrected chi connectivity index (χ3v) is 13.5. The molecule has 3 heterocycles. The first kappa shape index (κ1) is 53.2. The first-order chi connectivity index (χ1) is 34.7. The number of pyridine rings is 2. The minimum atomic E-state index is -1.11. The molecule has 7 rings (SSSR count). The highest BCUT2D eigenvalue weighted by atomic mass is 19.1. The molecule has 6 amide bonds. The Morgan fingerprint density at radius 3 is 2.38 bits per heavy atom. The van der Waals surface area contributed by atoms with Crippen LogP contribution in [0.2, 0.25) is 0 Å². The van der Waals surface area contributed by atoms with Crippen molar-refractivity contribution < 1.29 is 47.7 Å². The van der Waals surface area contributed by atoms with Gasteiger partial charge < -0.3 is 51.5 Å². The number of aromatic nitrogens is 2. The van der Waals surface area contributed by atoms with E-state index in [1.54, 1.807) is 23.6 Å². The molecule has 0 saturated carbocycles. The average molecular weight is 997 g/mol. The lowest BCUT2D eigenvalue weighted by atomic mass is 9.81. The number of fused-ring (bicyclic) bond motifs is 5. The van der Waals surface area contributed by atoms with E-state index in [9.17, 15) is 38.7 Å². The summed E-state index contributed by atoms with van der Waals surface area (Å²) >= 11 is 0. The summed E-state index contributed by atoms with van der Waals surface area (Å²) in [4.78, 5) is 94.9. The summed E-state index contributed by atoms with van der Waals surface area (Å²) in [5.41, 5.74) is 16.0. The second-order valence-electron chi connectivity index (χ2n) is 18.3. The highest BCUT2D eigenvalue weighted by Crippen LogP contribution is 2.46. The number of carbonyl (C=O) groups is 6. The normalized spacial score (nSPS) is 16.5. The van der Waals surface area contributed by atoms with E-state index in [1.807, 2.05) is 31.2 Å². The lowest BCUT2D eigenvalue weighted by Crippen LogP contribution is -2.53. The Labute approximate surface area is 416 Å². The fraction of sp³-hybridized carbons (Fsp3) is 0.490. The smallest absolute Gasteiger partial charge is 0.256 e. The number of hydrogen-bond donors (Lipinski definition) is 9. The predicted molar refractivity (Wildman–Crippen MR) is 263 cm³/mol. The number of nitrogens with two attached hydrogens (primary N) is 1. The molecule has 72 heavy (non-hydrogen) atoms. The van der Waals surface area contributed by atoms with Gasteiger partial charge in [0.25, 0.3) is 11.5 Å². The van der Waals surface area contributed by atoms with Gasteiger partial charge in [0.05, 0.1) is 74.6 Å². The zero-order chi connectivity index (χ0) is 51.4. The van der Waals surface area contributed by atoms with Crippen LogP contribution in [0.15, 0.2) is 47.3 Å². The number of nitrogens with one attached hydrogen (secondary N) is 7. The van der Waals surface area contributed by atoms with Crippen molar-refractivity contribution in [2.24, 2.45) is 5.73 Å². The van der Waals surface area contributed by atoms with Crippen LogP contribution in [0.1, 0.15) is 96.9 Å². The molecule has 1 aliphatic heterocycles. The summed E-state index contributed by atoms with van der Waals surface area (Å²) in [6.45, 7) is 4.77. The molecule has 2 aliphatic carbocycles. The molecule has 20 nitrogen and oxygen atoms in total. The van der Waals surface area contributed by atoms with E-state index in [0.29, 0.717) is 85.3 Å². The Morgan fingerprint density at radius 2 is 1.61 bits per heavy atom. The maximum atomic E-state index is 15.4. The van der Waals surface area contributed by atoms with Gasteiger partial charge in [-0.2, -0.15) is 0 Å². The van der Waals surface area contributed by atoms with Gasteiger partial charge in [0.15, 0.2) is 0 Å². The van der Waals surface area contributed by atoms with Gasteiger partial charge in [0, 0.05) is 67.9 Å². The lowest BCUT2D eigenvalue weighted by Gasteiger charge is -2.30. The second kappa shape index (κ2) is 24.7. The van der Waals surface area contributed by atoms with Gasteiger partial charge in [-0.15, -0.1) is 0 Å². The Hall–Kier alpha value is -6.65. The largest absolute Gasteiger partial charge is 0.385 e. The zero-order valence-corrected chi connectivity index (χ0v) is 40.8. The molecule has 2 aromatic carbocycles. The molecule has 1 unspecified atom stereocenters. The molecular weight excluding hydrogens is 932 g/mol. The third-order valence-electron chi connectivity index (χ3n) is 13.5. The van der Waals surface area contributed by atoms with Gasteiger partial charge in [-0.3, -0.25) is 39.0 Å². The number of aliphatic hydroxyl groups is 1. The van der Waals surface area contributed by atoms with Gasteiger partial charge in [-0.05, 0) is 79.3 Å². The number of aryl methyl sites for hydroxylation is 1. The van der Waals surface area contributed by atoms with Gasteiger partial charge in [-0.25, -0.2) is 14.8 Å². The van der Waals surface area contributed by atoms with Gasteiger partial charge in [0.2, 0.25) is 29.5 Å². The van der Waals surface area contributed by atoms with E-state index in [2.05, 4.69) is 37.4 Å². The highest BCUT2D eigenvalue weighted by molar-refractivity contribution is 5.94. The van der Waals surface area contributed by atoms with E-state index in [-0.39, 0.29) is 94.9 Å². The summed E-state index contributed by atoms with van der Waals surface area (Å²) in [5.74, 6) is -3.00. The number of halogens is 1. The summed E-state index contributed by atoms with van der Waals surface area (Å²) in [6.07, 6.45) is 3.22. The molecule has 10 N–H and O–H groups in total. The molecule has 0 bridgehead atoms. The summed E-state index contributed by atoms with van der Waals surface area (Å²) in [7, 11) is 0. The Balaban J connectivity index is 0.864. The van der Waals surface area contributed by atoms with Crippen molar-refractivity contribution >= 4 is 46.3 Å². The van der Waals surface area contributed by atoms with E-state index >= 15 is 4.39 Å². The van der Waals surface area contributed by atoms with Gasteiger partial charge in [-0.1, -0.05) is 37.3 Å². The molecule has 0 fully saturated rings. The number of ether oxygens (including phenoxy) is 2. The van der Waals surface area contributed by atoms with Crippen molar-refractivity contribution in [2.45, 2.75) is 102 Å². The van der Waals surface area contributed by atoms with Crippen molar-refractivity contribution in [1.29, 1.82) is 0 Å². The standard InChI is InChI=1S/C51H65FN10O10/c1-3-51(70)16-13-33-35(51)25-40-48-34(29-62(40)50(33)69)47-37(12-11-32-30(2)36(52)26-38(60-48)46(32)47)58-43(65)10-7-18-57-61-49(68)39(24-31-8-5-4-6-9-31)59-45(67)28-56-44(66)27-55-42(64)15-20-71-22-23-72-21-19-54-41(63)14-17-53/h4-6,8-9,25-26,37,39,57,70H,3,7,10-24,27-29,53H2,1-2H3,(H,54,63)(H,55,64)(H,56,66)(H,58,65)(H,59,67)(H,61,68)/t37-,39?,51+/m0/s1. The van der Waals surface area contributed by atoms with Crippen LogP contribution in [0, 0.1) is 12.7 Å². The topological polar surface area (TPSA) is 286 Å². The molecule has 3 aliphatic rings. The molecule has 2 aromatic heterocycles. The number of hydrazine groups is 1. The summed E-state index contributed by atoms with van der Waals surface area (Å²) in [5, 5.41) is 25.6. The van der Waals surface area contributed by atoms with Crippen LogP contribution in [-0.4, -0.2) is 115 Å². The maximum Gasteiger partial charge on any atom is 0.256 e. The quantitative estimate of drug-likeness (QED) is 0.0274. The van der Waals surface area contributed by atoms with Crippen LogP contribution in [0.25, 0.3) is 22.3 Å². The number of hydrogen-bond acceptors (Lipinski definition) is 13. The first-order valence-corrected chi connectivity index (χ1v) is 24.7. The minimum absolute atomic E-state index is 0.00739.